The van der Waals surface area contributed by atoms with Crippen LogP contribution in [0.25, 0.3) is 5.52 Å². The van der Waals surface area contributed by atoms with Gasteiger partial charge in [-0.25, -0.2) is 4.52 Å². The lowest BCUT2D eigenvalue weighted by Crippen LogP contribution is -2.17. The van der Waals surface area contributed by atoms with Crippen LogP contribution in [0.5, 0.6) is 0 Å². The zero-order valence-corrected chi connectivity index (χ0v) is 7.27. The van der Waals surface area contributed by atoms with Gasteiger partial charge in [0, 0.05) is 26.0 Å². The number of hydrogen-bond donors (Lipinski definition) is 1. The summed E-state index contributed by atoms with van der Waals surface area (Å²) in [7, 11) is 1.71. The molecule has 2 aromatic heterocycles. The molecule has 0 atom stereocenters. The van der Waals surface area contributed by atoms with Gasteiger partial charge in [-0.1, -0.05) is 0 Å². The molecule has 0 aliphatic rings. The quantitative estimate of drug-likeness (QED) is 0.639. The second-order valence-corrected chi connectivity index (χ2v) is 2.88. The molecule has 13 heavy (non-hydrogen) atoms. The Labute approximate surface area is 74.4 Å². The van der Waals surface area contributed by atoms with Gasteiger partial charge in [-0.05, 0) is 6.07 Å². The summed E-state index contributed by atoms with van der Waals surface area (Å²) in [6, 6.07) is 1.71. The molecule has 2 rings (SSSR count). The van der Waals surface area contributed by atoms with Gasteiger partial charge in [-0.3, -0.25) is 4.79 Å². The van der Waals surface area contributed by atoms with Gasteiger partial charge in [0.2, 0.25) is 0 Å². The lowest BCUT2D eigenvalue weighted by Gasteiger charge is -1.95. The van der Waals surface area contributed by atoms with Gasteiger partial charge in [0.15, 0.2) is 0 Å². The molecule has 0 aliphatic heterocycles. The molecule has 2 N–H and O–H groups in total. The van der Waals surface area contributed by atoms with Gasteiger partial charge in [0.25, 0.3) is 5.56 Å². The number of aryl methyl sites for hydroxylation is 1. The molecule has 2 aromatic rings. The van der Waals surface area contributed by atoms with Gasteiger partial charge in [0.05, 0.1) is 5.69 Å². The Morgan fingerprint density at radius 2 is 2.31 bits per heavy atom. The van der Waals surface area contributed by atoms with E-state index in [-0.39, 0.29) is 5.56 Å². The Morgan fingerprint density at radius 1 is 1.54 bits per heavy atom. The standard InChI is InChI=1S/C8H10N4O/c1-11-2-3-12-7(8(11)13)4-6(5-9)10-12/h2-4H,5,9H2,1H3. The van der Waals surface area contributed by atoms with Gasteiger partial charge >= 0.3 is 0 Å². The normalized spacial score (nSPS) is 10.9. The summed E-state index contributed by atoms with van der Waals surface area (Å²) in [6.07, 6.45) is 3.40. The lowest BCUT2D eigenvalue weighted by molar-refractivity contribution is 0.809. The van der Waals surface area contributed by atoms with E-state index in [2.05, 4.69) is 5.10 Å². The van der Waals surface area contributed by atoms with Gasteiger partial charge in [0.1, 0.15) is 5.52 Å². The molecular weight excluding hydrogens is 168 g/mol. The fourth-order valence-electron chi connectivity index (χ4n) is 1.23. The summed E-state index contributed by atoms with van der Waals surface area (Å²) in [6.45, 7) is 0.352. The third-order valence-electron chi connectivity index (χ3n) is 1.97. The number of rotatable bonds is 1. The predicted octanol–water partition coefficient (Wildman–Crippen LogP) is -0.508. The van der Waals surface area contributed by atoms with Crippen LogP contribution < -0.4 is 11.3 Å². The number of nitrogens with zero attached hydrogens (tertiary/aromatic N) is 3. The zero-order chi connectivity index (χ0) is 9.42. The lowest BCUT2D eigenvalue weighted by atomic mass is 10.4. The van der Waals surface area contributed by atoms with Crippen LogP contribution in [0.4, 0.5) is 0 Å². The zero-order valence-electron chi connectivity index (χ0n) is 7.27. The van der Waals surface area contributed by atoms with E-state index in [9.17, 15) is 4.79 Å². The SMILES string of the molecule is Cn1ccn2nc(CN)cc2c1=O. The molecule has 2 heterocycles. The van der Waals surface area contributed by atoms with Crippen molar-refractivity contribution in [1.29, 1.82) is 0 Å². The van der Waals surface area contributed by atoms with E-state index >= 15 is 0 Å². The maximum absolute atomic E-state index is 11.5. The van der Waals surface area contributed by atoms with E-state index in [1.54, 1.807) is 30.0 Å². The molecule has 68 valence electrons. The molecule has 0 bridgehead atoms. The Morgan fingerprint density at radius 3 is 3.00 bits per heavy atom. The molecule has 0 spiro atoms. The summed E-state index contributed by atoms with van der Waals surface area (Å²) < 4.78 is 3.06. The topological polar surface area (TPSA) is 65.3 Å². The van der Waals surface area contributed by atoms with Crippen molar-refractivity contribution in [2.75, 3.05) is 0 Å². The maximum Gasteiger partial charge on any atom is 0.276 e. The Bertz CT molecular complexity index is 496. The number of nitrogens with two attached hydrogens (primary N) is 1. The first-order valence-electron chi connectivity index (χ1n) is 3.96. The Hall–Kier alpha value is -1.62. The minimum atomic E-state index is -0.0605. The monoisotopic (exact) mass is 178 g/mol. The highest BCUT2D eigenvalue weighted by molar-refractivity contribution is 5.45. The molecule has 0 aliphatic carbocycles. The molecule has 0 amide bonds. The highest BCUT2D eigenvalue weighted by atomic mass is 16.1. The van der Waals surface area contributed by atoms with Gasteiger partial charge in [-0.2, -0.15) is 5.10 Å². The summed E-state index contributed by atoms with van der Waals surface area (Å²) in [5.74, 6) is 0. The molecule has 0 unspecified atom stereocenters. The van der Waals surface area contributed by atoms with Crippen molar-refractivity contribution in [2.45, 2.75) is 6.54 Å². The first-order valence-corrected chi connectivity index (χ1v) is 3.96. The molecule has 0 saturated carbocycles. The van der Waals surface area contributed by atoms with Crippen molar-refractivity contribution in [1.82, 2.24) is 14.2 Å². The Balaban J connectivity index is 2.84. The largest absolute Gasteiger partial charge is 0.325 e. The highest BCUT2D eigenvalue weighted by Crippen LogP contribution is 1.99. The van der Waals surface area contributed by atoms with E-state index < -0.39 is 0 Å². The van der Waals surface area contributed by atoms with Crippen LogP contribution in [-0.2, 0) is 13.6 Å². The van der Waals surface area contributed by atoms with Crippen molar-refractivity contribution >= 4 is 5.52 Å². The van der Waals surface area contributed by atoms with Crippen LogP contribution >= 0.6 is 0 Å². The Kier molecular flexibility index (Phi) is 1.66. The van der Waals surface area contributed by atoms with Crippen LogP contribution in [0.15, 0.2) is 23.3 Å². The first-order chi connectivity index (χ1) is 6.22. The van der Waals surface area contributed by atoms with Crippen molar-refractivity contribution in [2.24, 2.45) is 12.8 Å². The average Bonchev–Trinajstić information content (AvgIpc) is 2.55. The summed E-state index contributed by atoms with van der Waals surface area (Å²) >= 11 is 0. The van der Waals surface area contributed by atoms with E-state index in [0.29, 0.717) is 12.1 Å². The summed E-state index contributed by atoms with van der Waals surface area (Å²) in [5, 5.41) is 4.11. The second-order valence-electron chi connectivity index (χ2n) is 2.88. The number of aromatic nitrogens is 3. The fraction of sp³-hybridized carbons (Fsp3) is 0.250. The van der Waals surface area contributed by atoms with Crippen LogP contribution in [0.1, 0.15) is 5.69 Å². The second kappa shape index (κ2) is 2.70. The molecule has 0 aromatic carbocycles. The van der Waals surface area contributed by atoms with E-state index in [1.807, 2.05) is 0 Å². The predicted molar refractivity (Wildman–Crippen MR) is 48.3 cm³/mol. The van der Waals surface area contributed by atoms with Gasteiger partial charge in [-0.15, -0.1) is 0 Å². The van der Waals surface area contributed by atoms with Crippen LogP contribution in [0, 0.1) is 0 Å². The molecular formula is C8H10N4O. The smallest absolute Gasteiger partial charge is 0.276 e. The van der Waals surface area contributed by atoms with Crippen LogP contribution in [0.3, 0.4) is 0 Å². The third-order valence-corrected chi connectivity index (χ3v) is 1.97. The summed E-state index contributed by atoms with van der Waals surface area (Å²) in [5.41, 5.74) is 6.64. The molecule has 0 radical (unpaired) electrons. The maximum atomic E-state index is 11.5. The molecule has 5 nitrogen and oxygen atoms in total. The van der Waals surface area contributed by atoms with Crippen LogP contribution in [-0.4, -0.2) is 14.2 Å². The van der Waals surface area contributed by atoms with E-state index in [4.69, 9.17) is 5.73 Å². The highest BCUT2D eigenvalue weighted by Gasteiger charge is 2.03. The van der Waals surface area contributed by atoms with Crippen molar-refractivity contribution in [3.63, 3.8) is 0 Å². The average molecular weight is 178 g/mol. The van der Waals surface area contributed by atoms with Crippen molar-refractivity contribution < 1.29 is 0 Å². The van der Waals surface area contributed by atoms with Crippen LogP contribution in [0.2, 0.25) is 0 Å². The van der Waals surface area contributed by atoms with Crippen molar-refractivity contribution in [3.8, 4) is 0 Å². The van der Waals surface area contributed by atoms with E-state index in [0.717, 1.165) is 5.69 Å². The van der Waals surface area contributed by atoms with E-state index in [1.165, 1.54) is 4.57 Å². The summed E-state index contributed by atoms with van der Waals surface area (Å²) in [4.78, 5) is 11.5. The molecule has 0 fully saturated rings. The molecule has 5 heteroatoms. The van der Waals surface area contributed by atoms with Crippen molar-refractivity contribution in [3.05, 3.63) is 34.5 Å². The first kappa shape index (κ1) is 8.00. The minimum Gasteiger partial charge on any atom is -0.325 e. The fourth-order valence-corrected chi connectivity index (χ4v) is 1.23. The third kappa shape index (κ3) is 1.13. The number of hydrogen-bond acceptors (Lipinski definition) is 3. The number of fused-ring (bicyclic) bond motifs is 1. The van der Waals surface area contributed by atoms with Gasteiger partial charge < -0.3 is 10.3 Å². The minimum absolute atomic E-state index is 0.0605. The molecule has 0 saturated heterocycles.